The number of anilines is 1. The zero-order valence-corrected chi connectivity index (χ0v) is 16.4. The summed E-state index contributed by atoms with van der Waals surface area (Å²) in [6, 6.07) is 4.32. The van der Waals surface area contributed by atoms with E-state index in [0.29, 0.717) is 10.6 Å². The van der Waals surface area contributed by atoms with Crippen LogP contribution in [0.25, 0.3) is 0 Å². The summed E-state index contributed by atoms with van der Waals surface area (Å²) in [5.74, 6) is -1.90. The number of thiophene rings is 1. The summed E-state index contributed by atoms with van der Waals surface area (Å²) in [6.07, 6.45) is 1.46. The van der Waals surface area contributed by atoms with Gasteiger partial charge in [-0.05, 0) is 37.6 Å². The fraction of sp³-hybridized carbons (Fsp3) is 0.200. The van der Waals surface area contributed by atoms with Crippen LogP contribution >= 0.6 is 11.3 Å². The minimum absolute atomic E-state index is 0.101. The Balaban J connectivity index is 1.92. The van der Waals surface area contributed by atoms with Crippen molar-refractivity contribution in [1.82, 2.24) is 4.90 Å². The largest absolute Gasteiger partial charge is 0.465 e. The maximum Gasteiger partial charge on any atom is 0.341 e. The maximum atomic E-state index is 12.7. The van der Waals surface area contributed by atoms with Crippen molar-refractivity contribution in [3.05, 3.63) is 63.5 Å². The number of ether oxygens (including phenoxy) is 1. The first kappa shape index (κ1) is 19.5. The summed E-state index contributed by atoms with van der Waals surface area (Å²) in [7, 11) is 1.28. The maximum absolute atomic E-state index is 12.7. The average molecular weight is 398 g/mol. The molecule has 0 spiro atoms. The van der Waals surface area contributed by atoms with E-state index in [4.69, 9.17) is 4.74 Å². The highest BCUT2D eigenvalue weighted by Gasteiger charge is 2.35. The van der Waals surface area contributed by atoms with Crippen LogP contribution in [0.2, 0.25) is 0 Å². The lowest BCUT2D eigenvalue weighted by Gasteiger charge is -2.09. The molecule has 0 atom stereocenters. The number of rotatable bonds is 5. The van der Waals surface area contributed by atoms with Gasteiger partial charge in [-0.15, -0.1) is 17.9 Å². The van der Waals surface area contributed by atoms with Crippen molar-refractivity contribution in [2.75, 3.05) is 19.0 Å². The fourth-order valence-corrected chi connectivity index (χ4v) is 4.01. The van der Waals surface area contributed by atoms with Gasteiger partial charge in [0.1, 0.15) is 5.00 Å². The predicted octanol–water partition coefficient (Wildman–Crippen LogP) is 3.19. The van der Waals surface area contributed by atoms with Crippen molar-refractivity contribution < 1.29 is 23.9 Å². The number of benzene rings is 1. The van der Waals surface area contributed by atoms with Crippen LogP contribution in [0.3, 0.4) is 0 Å². The minimum atomic E-state index is -0.535. The third-order valence-corrected chi connectivity index (χ3v) is 5.67. The molecule has 1 N–H and O–H groups in total. The average Bonchev–Trinajstić information content (AvgIpc) is 3.09. The molecule has 2 aromatic rings. The number of nitrogens with zero attached hydrogens (tertiary/aromatic N) is 1. The molecule has 8 heteroatoms. The van der Waals surface area contributed by atoms with Crippen LogP contribution in [0, 0.1) is 13.8 Å². The number of imide groups is 1. The van der Waals surface area contributed by atoms with E-state index in [1.165, 1.54) is 42.7 Å². The summed E-state index contributed by atoms with van der Waals surface area (Å²) < 4.78 is 4.80. The van der Waals surface area contributed by atoms with Crippen LogP contribution in [0.4, 0.5) is 5.00 Å². The second-order valence-corrected chi connectivity index (χ2v) is 7.43. The van der Waals surface area contributed by atoms with Gasteiger partial charge in [0.05, 0.1) is 23.8 Å². The molecule has 0 radical (unpaired) electrons. The van der Waals surface area contributed by atoms with E-state index in [1.807, 2.05) is 6.92 Å². The Morgan fingerprint density at radius 1 is 1.21 bits per heavy atom. The first-order chi connectivity index (χ1) is 13.3. The van der Waals surface area contributed by atoms with Gasteiger partial charge in [0.15, 0.2) is 0 Å². The molecule has 0 unspecified atom stereocenters. The Labute approximate surface area is 165 Å². The summed E-state index contributed by atoms with van der Waals surface area (Å²) in [5, 5.41) is 3.09. The summed E-state index contributed by atoms with van der Waals surface area (Å²) in [4.78, 5) is 51.4. The van der Waals surface area contributed by atoms with Crippen molar-refractivity contribution in [2.24, 2.45) is 0 Å². The van der Waals surface area contributed by atoms with Crippen molar-refractivity contribution in [2.45, 2.75) is 13.8 Å². The van der Waals surface area contributed by atoms with Crippen LogP contribution in [0.5, 0.6) is 0 Å². The Morgan fingerprint density at radius 2 is 1.89 bits per heavy atom. The molecular formula is C20H18N2O5S. The molecule has 1 aromatic heterocycles. The van der Waals surface area contributed by atoms with Crippen LogP contribution in [0.1, 0.15) is 51.9 Å². The third-order valence-electron chi connectivity index (χ3n) is 4.55. The molecule has 3 rings (SSSR count). The normalized spacial score (nSPS) is 12.8. The van der Waals surface area contributed by atoms with Gasteiger partial charge in [-0.2, -0.15) is 0 Å². The molecule has 0 fully saturated rings. The van der Waals surface area contributed by atoms with Gasteiger partial charge in [0, 0.05) is 17.0 Å². The SMILES string of the molecule is C=CCN1C(=O)c2ccc(C(=O)Nc3sc(C)c(C)c3C(=O)OC)cc2C1=O. The molecule has 3 amide bonds. The standard InChI is InChI=1S/C20H18N2O5S/c1-5-8-22-18(24)13-7-6-12(9-14(13)19(22)25)16(23)21-17-15(20(26)27-4)10(2)11(3)28-17/h5-7,9H,1,8H2,2-4H3,(H,21,23). The summed E-state index contributed by atoms with van der Waals surface area (Å²) >= 11 is 1.27. The lowest BCUT2D eigenvalue weighted by molar-refractivity contribution is 0.0599. The molecule has 28 heavy (non-hydrogen) atoms. The third kappa shape index (κ3) is 3.11. The number of methoxy groups -OCH3 is 1. The Kier molecular flexibility index (Phi) is 5.15. The summed E-state index contributed by atoms with van der Waals surface area (Å²) in [5.41, 5.74) is 1.68. The van der Waals surface area contributed by atoms with Gasteiger partial charge in [0.25, 0.3) is 17.7 Å². The van der Waals surface area contributed by atoms with Crippen LogP contribution < -0.4 is 5.32 Å². The van der Waals surface area contributed by atoms with Gasteiger partial charge < -0.3 is 10.1 Å². The Morgan fingerprint density at radius 3 is 2.54 bits per heavy atom. The number of carbonyl (C=O) groups excluding carboxylic acids is 4. The zero-order chi connectivity index (χ0) is 20.6. The van der Waals surface area contributed by atoms with E-state index in [2.05, 4.69) is 11.9 Å². The number of esters is 1. The highest BCUT2D eigenvalue weighted by molar-refractivity contribution is 7.16. The van der Waals surface area contributed by atoms with E-state index < -0.39 is 23.7 Å². The van der Waals surface area contributed by atoms with Crippen LogP contribution in [-0.4, -0.2) is 42.2 Å². The highest BCUT2D eigenvalue weighted by atomic mass is 32.1. The highest BCUT2D eigenvalue weighted by Crippen LogP contribution is 2.33. The van der Waals surface area contributed by atoms with E-state index in [1.54, 1.807) is 6.92 Å². The number of nitrogens with one attached hydrogen (secondary N) is 1. The first-order valence-electron chi connectivity index (χ1n) is 8.41. The lowest BCUT2D eigenvalue weighted by atomic mass is 10.1. The van der Waals surface area contributed by atoms with E-state index in [9.17, 15) is 19.2 Å². The van der Waals surface area contributed by atoms with Gasteiger partial charge in [-0.3, -0.25) is 19.3 Å². The van der Waals surface area contributed by atoms with E-state index in [-0.39, 0.29) is 23.2 Å². The fourth-order valence-electron chi connectivity index (χ4n) is 2.97. The molecule has 7 nitrogen and oxygen atoms in total. The first-order valence-corrected chi connectivity index (χ1v) is 9.22. The number of carbonyl (C=O) groups is 4. The smallest absolute Gasteiger partial charge is 0.341 e. The minimum Gasteiger partial charge on any atom is -0.465 e. The van der Waals surface area contributed by atoms with Crippen molar-refractivity contribution in [3.8, 4) is 0 Å². The number of hydrogen-bond donors (Lipinski definition) is 1. The molecule has 0 aliphatic carbocycles. The molecule has 0 saturated carbocycles. The van der Waals surface area contributed by atoms with Gasteiger partial charge >= 0.3 is 5.97 Å². The second-order valence-electron chi connectivity index (χ2n) is 6.20. The molecule has 144 valence electrons. The molecule has 1 aromatic carbocycles. The van der Waals surface area contributed by atoms with Crippen LogP contribution in [0.15, 0.2) is 30.9 Å². The second kappa shape index (κ2) is 7.40. The number of aryl methyl sites for hydroxylation is 1. The number of fused-ring (bicyclic) bond motifs is 1. The number of hydrogen-bond acceptors (Lipinski definition) is 6. The van der Waals surface area contributed by atoms with Crippen molar-refractivity contribution >= 4 is 40.0 Å². The van der Waals surface area contributed by atoms with E-state index >= 15 is 0 Å². The summed E-state index contributed by atoms with van der Waals surface area (Å²) in [6.45, 7) is 7.26. The lowest BCUT2D eigenvalue weighted by Crippen LogP contribution is -2.29. The van der Waals surface area contributed by atoms with Crippen LogP contribution in [-0.2, 0) is 4.74 Å². The Bertz CT molecular complexity index is 1040. The Hall–Kier alpha value is -3.26. The molecule has 1 aliphatic rings. The topological polar surface area (TPSA) is 92.8 Å². The predicted molar refractivity (Wildman–Crippen MR) is 105 cm³/mol. The van der Waals surface area contributed by atoms with Gasteiger partial charge in [0.2, 0.25) is 0 Å². The molecule has 2 heterocycles. The molecule has 0 saturated heterocycles. The zero-order valence-electron chi connectivity index (χ0n) is 15.6. The monoisotopic (exact) mass is 398 g/mol. The van der Waals surface area contributed by atoms with Crippen molar-refractivity contribution in [3.63, 3.8) is 0 Å². The molecule has 1 aliphatic heterocycles. The van der Waals surface area contributed by atoms with Gasteiger partial charge in [-0.25, -0.2) is 4.79 Å². The van der Waals surface area contributed by atoms with E-state index in [0.717, 1.165) is 15.3 Å². The van der Waals surface area contributed by atoms with Gasteiger partial charge in [-0.1, -0.05) is 6.08 Å². The molecular weight excluding hydrogens is 380 g/mol. The number of amides is 3. The quantitative estimate of drug-likeness (QED) is 0.474. The molecule has 0 bridgehead atoms. The van der Waals surface area contributed by atoms with Crippen molar-refractivity contribution in [1.29, 1.82) is 0 Å².